The molecule has 1 fully saturated rings. The maximum Gasteiger partial charge on any atom is 0.244 e. The molecule has 3 rings (SSSR count). The number of carbonyl (C=O) groups is 1. The van der Waals surface area contributed by atoms with Gasteiger partial charge in [0.15, 0.2) is 0 Å². The predicted molar refractivity (Wildman–Crippen MR) is 128 cm³/mol. The van der Waals surface area contributed by atoms with Crippen molar-refractivity contribution in [3.8, 4) is 11.8 Å². The minimum absolute atomic E-state index is 0.150. The molecule has 1 aliphatic heterocycles. The van der Waals surface area contributed by atoms with Crippen LogP contribution in [0.3, 0.4) is 0 Å². The second-order valence-electron chi connectivity index (χ2n) is 8.38. The van der Waals surface area contributed by atoms with Crippen LogP contribution in [-0.2, 0) is 11.3 Å². The number of likely N-dealkylation sites (tertiary alicyclic amines) is 1. The van der Waals surface area contributed by atoms with Crippen LogP contribution in [0.5, 0.6) is 5.75 Å². The number of benzene rings is 2. The molecule has 178 valence electrons. The normalized spacial score (nSPS) is 16.0. The number of rotatable bonds is 7. The Morgan fingerprint density at radius 2 is 2.00 bits per heavy atom. The Bertz CT molecular complexity index is 1200. The maximum atomic E-state index is 13.8. The van der Waals surface area contributed by atoms with Crippen molar-refractivity contribution in [1.82, 2.24) is 9.80 Å². The highest BCUT2D eigenvalue weighted by Gasteiger charge is 2.33. The van der Waals surface area contributed by atoms with Gasteiger partial charge in [-0.25, -0.2) is 8.78 Å². The molecule has 34 heavy (non-hydrogen) atoms. The van der Waals surface area contributed by atoms with E-state index in [4.69, 9.17) is 4.74 Å². The molecule has 1 aliphatic rings. The molecule has 0 bridgehead atoms. The number of carbonyl (C=O) groups excluding carboxylic acids is 1. The number of methoxy groups -OCH3 is 1. The van der Waals surface area contributed by atoms with Crippen LogP contribution in [0.25, 0.3) is 12.7 Å². The number of ether oxygens (including phenoxy) is 1. The van der Waals surface area contributed by atoms with Crippen LogP contribution in [0.2, 0.25) is 0 Å². The number of likely N-dealkylation sites (N-methyl/N-ethyl adjacent to an activating group) is 1. The first kappa shape index (κ1) is 25.1. The second kappa shape index (κ2) is 11.1. The third-order valence-corrected chi connectivity index (χ3v) is 6.13. The van der Waals surface area contributed by atoms with E-state index in [1.165, 1.54) is 19.2 Å². The minimum Gasteiger partial charge on any atom is -0.495 e. The van der Waals surface area contributed by atoms with Crippen LogP contribution in [0.1, 0.15) is 35.6 Å². The average molecular weight is 466 g/mol. The SMILES string of the molecule is C=C/C=c1/c(CN(C)C(=O)C(c2ccc(F)cc2)N2CCC(F)CC2)c(OC)c(C#N)cc1=C. The van der Waals surface area contributed by atoms with Crippen molar-refractivity contribution in [2.75, 3.05) is 27.2 Å². The first-order valence-electron chi connectivity index (χ1n) is 11.1. The fraction of sp³-hybridized carbons (Fsp3) is 0.333. The van der Waals surface area contributed by atoms with Gasteiger partial charge in [0.1, 0.15) is 29.8 Å². The van der Waals surface area contributed by atoms with E-state index < -0.39 is 18.0 Å². The fourth-order valence-electron chi connectivity index (χ4n) is 4.40. The fourth-order valence-corrected chi connectivity index (χ4v) is 4.40. The third kappa shape index (κ3) is 5.35. The number of hydrogen-bond acceptors (Lipinski definition) is 4. The summed E-state index contributed by atoms with van der Waals surface area (Å²) < 4.78 is 32.9. The molecule has 0 radical (unpaired) electrons. The molecule has 0 spiro atoms. The van der Waals surface area contributed by atoms with Crippen LogP contribution < -0.4 is 15.2 Å². The molecule has 2 aromatic carbocycles. The van der Waals surface area contributed by atoms with Gasteiger partial charge in [-0.2, -0.15) is 5.26 Å². The van der Waals surface area contributed by atoms with Crippen LogP contribution in [0, 0.1) is 17.1 Å². The van der Waals surface area contributed by atoms with Gasteiger partial charge in [-0.3, -0.25) is 9.69 Å². The summed E-state index contributed by atoms with van der Waals surface area (Å²) in [5, 5.41) is 10.9. The molecule has 1 atom stereocenters. The Morgan fingerprint density at radius 1 is 1.35 bits per heavy atom. The smallest absolute Gasteiger partial charge is 0.244 e. The highest BCUT2D eigenvalue weighted by molar-refractivity contribution is 5.83. The zero-order valence-corrected chi connectivity index (χ0v) is 19.6. The molecule has 1 heterocycles. The van der Waals surface area contributed by atoms with Crippen molar-refractivity contribution in [2.24, 2.45) is 0 Å². The number of amides is 1. The lowest BCUT2D eigenvalue weighted by Crippen LogP contribution is -2.45. The predicted octanol–water partition coefficient (Wildman–Crippen LogP) is 3.22. The van der Waals surface area contributed by atoms with Gasteiger partial charge in [-0.05, 0) is 47.0 Å². The molecule has 1 unspecified atom stereocenters. The van der Waals surface area contributed by atoms with Crippen molar-refractivity contribution in [3.05, 3.63) is 75.9 Å². The lowest BCUT2D eigenvalue weighted by atomic mass is 9.99. The molecule has 0 N–H and O–H groups in total. The van der Waals surface area contributed by atoms with Gasteiger partial charge in [-0.1, -0.05) is 37.4 Å². The quantitative estimate of drug-likeness (QED) is 0.630. The molecule has 7 heteroatoms. The van der Waals surface area contributed by atoms with Crippen molar-refractivity contribution in [2.45, 2.75) is 31.6 Å². The zero-order valence-electron chi connectivity index (χ0n) is 19.6. The first-order valence-corrected chi connectivity index (χ1v) is 11.1. The van der Waals surface area contributed by atoms with Crippen molar-refractivity contribution in [1.29, 1.82) is 5.26 Å². The van der Waals surface area contributed by atoms with Gasteiger partial charge in [-0.15, -0.1) is 0 Å². The number of allylic oxidation sites excluding steroid dienone is 1. The number of nitrogens with zero attached hydrogens (tertiary/aromatic N) is 3. The van der Waals surface area contributed by atoms with Gasteiger partial charge in [0.25, 0.3) is 0 Å². The number of nitriles is 1. The summed E-state index contributed by atoms with van der Waals surface area (Å²) in [7, 11) is 3.14. The summed E-state index contributed by atoms with van der Waals surface area (Å²) in [6, 6.07) is 8.91. The van der Waals surface area contributed by atoms with Crippen molar-refractivity contribution in [3.63, 3.8) is 0 Å². The summed E-state index contributed by atoms with van der Waals surface area (Å²) in [6.07, 6.45) is 3.18. The number of hydrogen-bond donors (Lipinski definition) is 0. The Hall–Kier alpha value is -3.50. The van der Waals surface area contributed by atoms with E-state index in [2.05, 4.69) is 19.2 Å². The first-order chi connectivity index (χ1) is 16.3. The maximum absolute atomic E-state index is 13.8. The topological polar surface area (TPSA) is 56.6 Å². The summed E-state index contributed by atoms with van der Waals surface area (Å²) in [5.74, 6) is -0.237. The highest BCUT2D eigenvalue weighted by atomic mass is 19.1. The molecular weight excluding hydrogens is 436 g/mol. The highest BCUT2D eigenvalue weighted by Crippen LogP contribution is 2.29. The van der Waals surface area contributed by atoms with E-state index in [1.54, 1.807) is 42.3 Å². The van der Waals surface area contributed by atoms with E-state index in [0.717, 1.165) is 5.22 Å². The van der Waals surface area contributed by atoms with Crippen molar-refractivity contribution >= 4 is 18.6 Å². The van der Waals surface area contributed by atoms with Gasteiger partial charge in [0, 0.05) is 32.2 Å². The summed E-state index contributed by atoms with van der Waals surface area (Å²) >= 11 is 0. The standard InChI is InChI=1S/C27H29F2N3O2/c1-5-6-23-18(2)15-20(16-30)26(34-4)24(23)17-31(3)27(33)25(19-7-9-21(28)10-8-19)32-13-11-22(29)12-14-32/h5-10,15,22,25H,1-2,11-14,17H2,3-4H3/b23-6+. The minimum atomic E-state index is -0.886. The van der Waals surface area contributed by atoms with Crippen LogP contribution in [0.4, 0.5) is 8.78 Å². The lowest BCUT2D eigenvalue weighted by Gasteiger charge is -2.37. The average Bonchev–Trinajstić information content (AvgIpc) is 2.83. The molecule has 0 aromatic heterocycles. The number of alkyl halides is 1. The second-order valence-corrected chi connectivity index (χ2v) is 8.38. The summed E-state index contributed by atoms with van der Waals surface area (Å²) in [6.45, 7) is 8.79. The van der Waals surface area contributed by atoms with Crippen LogP contribution in [-0.4, -0.2) is 49.1 Å². The van der Waals surface area contributed by atoms with E-state index in [1.807, 2.05) is 4.90 Å². The van der Waals surface area contributed by atoms with E-state index in [9.17, 15) is 18.8 Å². The molecule has 2 aromatic rings. The molecule has 1 amide bonds. The number of halogens is 2. The van der Waals surface area contributed by atoms with E-state index >= 15 is 0 Å². The van der Waals surface area contributed by atoms with Gasteiger partial charge < -0.3 is 9.64 Å². The monoisotopic (exact) mass is 465 g/mol. The molecule has 5 nitrogen and oxygen atoms in total. The summed E-state index contributed by atoms with van der Waals surface area (Å²) in [5.41, 5.74) is 1.61. The number of piperidine rings is 1. The lowest BCUT2D eigenvalue weighted by molar-refractivity contribution is -0.137. The third-order valence-electron chi connectivity index (χ3n) is 6.13. The summed E-state index contributed by atoms with van der Waals surface area (Å²) in [4.78, 5) is 17.3. The molecular formula is C27H29F2N3O2. The van der Waals surface area contributed by atoms with E-state index in [-0.39, 0.29) is 12.5 Å². The Labute approximate surface area is 198 Å². The molecule has 1 saturated heterocycles. The van der Waals surface area contributed by atoms with Gasteiger partial charge in [0.2, 0.25) is 5.91 Å². The van der Waals surface area contributed by atoms with Gasteiger partial charge in [0.05, 0.1) is 12.7 Å². The zero-order chi connectivity index (χ0) is 24.8. The van der Waals surface area contributed by atoms with Gasteiger partial charge >= 0.3 is 0 Å². The Balaban J connectivity index is 2.02. The Morgan fingerprint density at radius 3 is 2.56 bits per heavy atom. The molecule has 0 aliphatic carbocycles. The Kier molecular flexibility index (Phi) is 8.19. The van der Waals surface area contributed by atoms with E-state index in [0.29, 0.717) is 53.6 Å². The van der Waals surface area contributed by atoms with Crippen LogP contribution in [0.15, 0.2) is 43.0 Å². The van der Waals surface area contributed by atoms with Crippen molar-refractivity contribution < 1.29 is 18.3 Å². The largest absolute Gasteiger partial charge is 0.495 e. The van der Waals surface area contributed by atoms with Crippen LogP contribution >= 0.6 is 0 Å². The molecule has 0 saturated carbocycles.